The summed E-state index contributed by atoms with van der Waals surface area (Å²) in [7, 11) is 1.83. The molecule has 2 aliphatic heterocycles. The maximum absolute atomic E-state index is 13.0. The SMILES string of the molecule is CCCCC(=O)N1CSCC1C(=O)N1CCCC(N(C)CC(=O)O)CC1. The third-order valence-electron chi connectivity index (χ3n) is 5.25. The first-order chi connectivity index (χ1) is 12.4. The average Bonchev–Trinajstić information content (AvgIpc) is 2.95. The second kappa shape index (κ2) is 10.2. The second-order valence-corrected chi connectivity index (χ2v) is 8.20. The molecule has 0 aromatic rings. The van der Waals surface area contributed by atoms with Gasteiger partial charge in [0.2, 0.25) is 11.8 Å². The number of hydrogen-bond acceptors (Lipinski definition) is 5. The Labute approximate surface area is 160 Å². The molecule has 7 nitrogen and oxygen atoms in total. The fourth-order valence-electron chi connectivity index (χ4n) is 3.66. The zero-order valence-electron chi connectivity index (χ0n) is 15.9. The van der Waals surface area contributed by atoms with E-state index in [2.05, 4.69) is 6.92 Å². The van der Waals surface area contributed by atoms with Crippen LogP contribution in [0.2, 0.25) is 0 Å². The molecule has 26 heavy (non-hydrogen) atoms. The van der Waals surface area contributed by atoms with Crippen molar-refractivity contribution in [1.82, 2.24) is 14.7 Å². The predicted molar refractivity (Wildman–Crippen MR) is 102 cm³/mol. The monoisotopic (exact) mass is 385 g/mol. The molecular weight excluding hydrogens is 354 g/mol. The van der Waals surface area contributed by atoms with Crippen molar-refractivity contribution >= 4 is 29.5 Å². The summed E-state index contributed by atoms with van der Waals surface area (Å²) in [5.74, 6) is 0.603. The van der Waals surface area contributed by atoms with Crippen molar-refractivity contribution < 1.29 is 19.5 Å². The summed E-state index contributed by atoms with van der Waals surface area (Å²) in [4.78, 5) is 41.8. The van der Waals surface area contributed by atoms with Crippen molar-refractivity contribution in [3.63, 3.8) is 0 Å². The van der Waals surface area contributed by atoms with Crippen molar-refractivity contribution in [3.05, 3.63) is 0 Å². The first kappa shape index (κ1) is 21.0. The van der Waals surface area contributed by atoms with E-state index < -0.39 is 5.97 Å². The molecule has 2 fully saturated rings. The fourth-order valence-corrected chi connectivity index (χ4v) is 4.83. The molecule has 0 aromatic carbocycles. The standard InChI is InChI=1S/C18H31N3O4S/c1-3-4-7-16(22)21-13-26-12-15(21)18(25)20-9-5-6-14(8-10-20)19(2)11-17(23)24/h14-15H,3-13H2,1-2H3,(H,23,24). The van der Waals surface area contributed by atoms with E-state index in [0.717, 1.165) is 32.1 Å². The number of nitrogens with zero attached hydrogens (tertiary/aromatic N) is 3. The predicted octanol–water partition coefficient (Wildman–Crippen LogP) is 1.48. The number of rotatable bonds is 7. The van der Waals surface area contributed by atoms with Gasteiger partial charge < -0.3 is 14.9 Å². The number of carbonyl (C=O) groups is 3. The number of thioether (sulfide) groups is 1. The molecule has 148 valence electrons. The molecule has 8 heteroatoms. The molecule has 2 unspecified atom stereocenters. The van der Waals surface area contributed by atoms with Crippen molar-refractivity contribution in [2.75, 3.05) is 38.3 Å². The highest BCUT2D eigenvalue weighted by atomic mass is 32.2. The molecule has 2 atom stereocenters. The maximum atomic E-state index is 13.0. The Morgan fingerprint density at radius 1 is 1.23 bits per heavy atom. The topological polar surface area (TPSA) is 81.2 Å². The number of carboxylic acids is 1. The molecule has 0 aliphatic carbocycles. The molecule has 1 N–H and O–H groups in total. The lowest BCUT2D eigenvalue weighted by Gasteiger charge is -2.29. The van der Waals surface area contributed by atoms with Crippen molar-refractivity contribution in [2.24, 2.45) is 0 Å². The fraction of sp³-hybridized carbons (Fsp3) is 0.833. The van der Waals surface area contributed by atoms with Crippen LogP contribution in [0.3, 0.4) is 0 Å². The number of likely N-dealkylation sites (tertiary alicyclic amines) is 1. The van der Waals surface area contributed by atoms with Crippen molar-refractivity contribution in [3.8, 4) is 0 Å². The van der Waals surface area contributed by atoms with Gasteiger partial charge in [0, 0.05) is 31.3 Å². The van der Waals surface area contributed by atoms with E-state index in [1.165, 1.54) is 0 Å². The Balaban J connectivity index is 1.92. The third kappa shape index (κ3) is 5.61. The molecule has 2 amide bonds. The lowest BCUT2D eigenvalue weighted by Crippen LogP contribution is -2.49. The van der Waals surface area contributed by atoms with Gasteiger partial charge in [-0.05, 0) is 32.7 Å². The Morgan fingerprint density at radius 2 is 2.00 bits per heavy atom. The normalized spacial score (nSPS) is 24.0. The summed E-state index contributed by atoms with van der Waals surface area (Å²) < 4.78 is 0. The molecule has 2 saturated heterocycles. The highest BCUT2D eigenvalue weighted by molar-refractivity contribution is 7.99. The van der Waals surface area contributed by atoms with Crippen LogP contribution in [-0.4, -0.2) is 88.0 Å². The lowest BCUT2D eigenvalue weighted by atomic mass is 10.1. The second-order valence-electron chi connectivity index (χ2n) is 7.20. The first-order valence-electron chi connectivity index (χ1n) is 9.52. The van der Waals surface area contributed by atoms with Crippen LogP contribution in [0, 0.1) is 0 Å². The smallest absolute Gasteiger partial charge is 0.317 e. The highest BCUT2D eigenvalue weighted by Crippen LogP contribution is 2.25. The van der Waals surface area contributed by atoms with Crippen LogP contribution in [0.15, 0.2) is 0 Å². The van der Waals surface area contributed by atoms with Crippen LogP contribution in [0.1, 0.15) is 45.4 Å². The van der Waals surface area contributed by atoms with Gasteiger partial charge in [0.25, 0.3) is 0 Å². The van der Waals surface area contributed by atoms with Gasteiger partial charge in [-0.1, -0.05) is 13.3 Å². The Hall–Kier alpha value is -1.28. The zero-order chi connectivity index (χ0) is 19.1. The first-order valence-corrected chi connectivity index (χ1v) is 10.7. The van der Waals surface area contributed by atoms with Gasteiger partial charge in [0.15, 0.2) is 0 Å². The minimum atomic E-state index is -0.825. The van der Waals surface area contributed by atoms with E-state index in [1.807, 2.05) is 16.8 Å². The van der Waals surface area contributed by atoms with E-state index in [-0.39, 0.29) is 30.4 Å². The molecule has 0 spiro atoms. The van der Waals surface area contributed by atoms with Gasteiger partial charge in [-0.2, -0.15) is 0 Å². The Kier molecular flexibility index (Phi) is 8.21. The van der Waals surface area contributed by atoms with Crippen molar-refractivity contribution in [1.29, 1.82) is 0 Å². The third-order valence-corrected chi connectivity index (χ3v) is 6.26. The minimum absolute atomic E-state index is 0.0254. The number of aliphatic carboxylic acids is 1. The molecule has 2 heterocycles. The molecule has 2 aliphatic rings. The summed E-state index contributed by atoms with van der Waals surface area (Å²) >= 11 is 1.65. The van der Waals surface area contributed by atoms with Gasteiger partial charge in [0.1, 0.15) is 6.04 Å². The van der Waals surface area contributed by atoms with Crippen molar-refractivity contribution in [2.45, 2.75) is 57.5 Å². The van der Waals surface area contributed by atoms with Crippen LogP contribution >= 0.6 is 11.8 Å². The summed E-state index contributed by atoms with van der Waals surface area (Å²) in [6.07, 6.45) is 4.89. The van der Waals surface area contributed by atoms with E-state index in [4.69, 9.17) is 5.11 Å². The quantitative estimate of drug-likeness (QED) is 0.715. The summed E-state index contributed by atoms with van der Waals surface area (Å²) in [6, 6.07) is -0.151. The van der Waals surface area contributed by atoms with Crippen LogP contribution < -0.4 is 0 Å². The van der Waals surface area contributed by atoms with Crippen LogP contribution in [0.4, 0.5) is 0 Å². The molecule has 0 radical (unpaired) electrons. The largest absolute Gasteiger partial charge is 0.480 e. The summed E-state index contributed by atoms with van der Waals surface area (Å²) in [6.45, 7) is 3.40. The lowest BCUT2D eigenvalue weighted by molar-refractivity contribution is -0.143. The number of likely N-dealkylation sites (N-methyl/N-ethyl adjacent to an activating group) is 1. The molecule has 0 aromatic heterocycles. The molecular formula is C18H31N3O4S. The number of unbranched alkanes of at least 4 members (excludes halogenated alkanes) is 1. The van der Waals surface area contributed by atoms with Gasteiger partial charge in [-0.15, -0.1) is 11.8 Å². The van der Waals surface area contributed by atoms with Gasteiger partial charge in [0.05, 0.1) is 12.4 Å². The minimum Gasteiger partial charge on any atom is -0.480 e. The average molecular weight is 386 g/mol. The van der Waals surface area contributed by atoms with Crippen LogP contribution in [0.5, 0.6) is 0 Å². The summed E-state index contributed by atoms with van der Waals surface area (Å²) in [5.41, 5.74) is 0. The molecule has 0 saturated carbocycles. The van der Waals surface area contributed by atoms with E-state index >= 15 is 0 Å². The van der Waals surface area contributed by atoms with E-state index in [9.17, 15) is 14.4 Å². The Bertz CT molecular complexity index is 517. The van der Waals surface area contributed by atoms with Gasteiger partial charge in [-0.25, -0.2) is 0 Å². The molecule has 0 bridgehead atoms. The van der Waals surface area contributed by atoms with Gasteiger partial charge in [-0.3, -0.25) is 19.3 Å². The number of amides is 2. The van der Waals surface area contributed by atoms with Gasteiger partial charge >= 0.3 is 5.97 Å². The number of carboxylic acid groups (broad SMARTS) is 1. The summed E-state index contributed by atoms with van der Waals surface area (Å²) in [5, 5.41) is 8.97. The number of hydrogen-bond donors (Lipinski definition) is 1. The van der Waals surface area contributed by atoms with E-state index in [0.29, 0.717) is 31.1 Å². The van der Waals surface area contributed by atoms with Crippen LogP contribution in [-0.2, 0) is 14.4 Å². The Morgan fingerprint density at radius 3 is 2.69 bits per heavy atom. The highest BCUT2D eigenvalue weighted by Gasteiger charge is 2.37. The van der Waals surface area contributed by atoms with Crippen LogP contribution in [0.25, 0.3) is 0 Å². The number of carbonyl (C=O) groups excluding carboxylic acids is 2. The zero-order valence-corrected chi connectivity index (χ0v) is 16.7. The molecule has 2 rings (SSSR count). The maximum Gasteiger partial charge on any atom is 0.317 e. The van der Waals surface area contributed by atoms with E-state index in [1.54, 1.807) is 16.7 Å².